The van der Waals surface area contributed by atoms with Crippen LogP contribution in [0.4, 0.5) is 0 Å². The minimum atomic E-state index is -2.69. The minimum absolute atomic E-state index is 0.103. The minimum Gasteiger partial charge on any atom is -0.399 e. The van der Waals surface area contributed by atoms with Gasteiger partial charge in [0.15, 0.2) is 0 Å². The van der Waals surface area contributed by atoms with E-state index in [2.05, 4.69) is 4.72 Å². The van der Waals surface area contributed by atoms with Gasteiger partial charge in [-0.2, -0.15) is 0 Å². The molecule has 1 heterocycles. The summed E-state index contributed by atoms with van der Waals surface area (Å²) in [5.74, 6) is 0.103. The zero-order valence-electron chi connectivity index (χ0n) is 14.6. The molecular formula is C16H26BNO4S. The third-order valence-corrected chi connectivity index (χ3v) is 5.24. The first-order valence-electron chi connectivity index (χ1n) is 7.90. The Morgan fingerprint density at radius 2 is 1.57 bits per heavy atom. The largest absolute Gasteiger partial charge is 0.495 e. The van der Waals surface area contributed by atoms with Crippen LogP contribution < -0.4 is 10.2 Å². The van der Waals surface area contributed by atoms with Gasteiger partial charge in [-0.05, 0) is 44.6 Å². The topological polar surface area (TPSA) is 64.6 Å². The molecule has 1 N–H and O–H groups in total. The van der Waals surface area contributed by atoms with Crippen molar-refractivity contribution in [2.75, 3.05) is 0 Å². The maximum absolute atomic E-state index is 11.2. The average molecular weight is 339 g/mol. The van der Waals surface area contributed by atoms with Crippen LogP contribution in [0.5, 0.6) is 0 Å². The average Bonchev–Trinajstić information content (AvgIpc) is 2.64. The van der Waals surface area contributed by atoms with Gasteiger partial charge in [0.25, 0.3) is 0 Å². The fourth-order valence-corrected chi connectivity index (χ4v) is 3.33. The van der Waals surface area contributed by atoms with Crippen molar-refractivity contribution >= 4 is 23.5 Å². The molecule has 1 aromatic rings. The molecule has 0 radical (unpaired) electrons. The Labute approximate surface area is 141 Å². The van der Waals surface area contributed by atoms with Crippen molar-refractivity contribution in [2.24, 2.45) is 5.92 Å². The molecule has 5 nitrogen and oxygen atoms in total. The number of benzene rings is 1. The van der Waals surface area contributed by atoms with Crippen molar-refractivity contribution < 1.29 is 17.7 Å². The van der Waals surface area contributed by atoms with Crippen LogP contribution in [-0.2, 0) is 20.2 Å². The van der Waals surface area contributed by atoms with Gasteiger partial charge < -0.3 is 9.31 Å². The van der Waals surface area contributed by atoms with Crippen molar-refractivity contribution in [3.63, 3.8) is 0 Å². The zero-order chi connectivity index (χ0) is 17.4. The number of rotatable bonds is 5. The van der Waals surface area contributed by atoms with Gasteiger partial charge in [0.05, 0.1) is 11.2 Å². The number of nitrogens with one attached hydrogen (secondary N) is 1. The molecule has 23 heavy (non-hydrogen) atoms. The number of hydrogen-bond acceptors (Lipinski definition) is 4. The third-order valence-electron chi connectivity index (χ3n) is 4.75. The van der Waals surface area contributed by atoms with Gasteiger partial charge in [0, 0.05) is 6.04 Å². The summed E-state index contributed by atoms with van der Waals surface area (Å²) in [5, 5.41) is 0. The van der Waals surface area contributed by atoms with E-state index < -0.39 is 29.2 Å². The Morgan fingerprint density at radius 3 is 2.04 bits per heavy atom. The molecule has 0 aliphatic carbocycles. The summed E-state index contributed by atoms with van der Waals surface area (Å²) < 4.78 is 37.3. The van der Waals surface area contributed by atoms with E-state index in [-0.39, 0.29) is 12.0 Å². The van der Waals surface area contributed by atoms with E-state index in [1.54, 1.807) is 0 Å². The quantitative estimate of drug-likeness (QED) is 0.634. The second-order valence-electron chi connectivity index (χ2n) is 7.33. The van der Waals surface area contributed by atoms with E-state index in [1.807, 2.05) is 65.8 Å². The number of thiol groups is 1. The molecule has 1 atom stereocenters. The summed E-state index contributed by atoms with van der Waals surface area (Å²) in [6.07, 6.45) is 0. The Bertz CT molecular complexity index is 619. The SMILES string of the molecule is CC(C)C(N[SH](=O)=O)c1ccccc1B1OC(C)(C)C(C)(C)O1. The molecule has 1 fully saturated rings. The lowest BCUT2D eigenvalue weighted by molar-refractivity contribution is 0.00578. The highest BCUT2D eigenvalue weighted by Gasteiger charge is 2.52. The monoisotopic (exact) mass is 339 g/mol. The van der Waals surface area contributed by atoms with Crippen LogP contribution in [0.3, 0.4) is 0 Å². The summed E-state index contributed by atoms with van der Waals surface area (Å²) in [7, 11) is -3.20. The Hall–Kier alpha value is -0.885. The summed E-state index contributed by atoms with van der Waals surface area (Å²) in [6, 6.07) is 7.37. The first kappa shape index (κ1) is 18.5. The Balaban J connectivity index is 2.42. The van der Waals surface area contributed by atoms with E-state index >= 15 is 0 Å². The Morgan fingerprint density at radius 1 is 1.04 bits per heavy atom. The second kappa shape index (κ2) is 6.55. The highest BCUT2D eigenvalue weighted by atomic mass is 32.2. The van der Waals surface area contributed by atoms with Crippen molar-refractivity contribution in [1.29, 1.82) is 0 Å². The lowest BCUT2D eigenvalue weighted by atomic mass is 9.73. The van der Waals surface area contributed by atoms with Gasteiger partial charge in [-0.25, -0.2) is 13.1 Å². The van der Waals surface area contributed by atoms with Crippen LogP contribution >= 0.6 is 0 Å². The highest BCUT2D eigenvalue weighted by Crippen LogP contribution is 2.37. The highest BCUT2D eigenvalue weighted by molar-refractivity contribution is 7.70. The third kappa shape index (κ3) is 3.79. The van der Waals surface area contributed by atoms with Crippen LogP contribution in [0.25, 0.3) is 0 Å². The predicted molar refractivity (Wildman–Crippen MR) is 93.2 cm³/mol. The van der Waals surface area contributed by atoms with Gasteiger partial charge in [-0.1, -0.05) is 38.1 Å². The molecule has 1 saturated heterocycles. The maximum Gasteiger partial charge on any atom is 0.495 e. The maximum atomic E-state index is 11.2. The molecule has 0 bridgehead atoms. The van der Waals surface area contributed by atoms with E-state index in [1.165, 1.54) is 0 Å². The summed E-state index contributed by atoms with van der Waals surface area (Å²) in [4.78, 5) is 0. The van der Waals surface area contributed by atoms with Gasteiger partial charge in [-0.15, -0.1) is 0 Å². The summed E-state index contributed by atoms with van der Waals surface area (Å²) in [6.45, 7) is 12.0. The molecule has 1 aliphatic rings. The fourth-order valence-electron chi connectivity index (χ4n) is 2.67. The normalized spacial score (nSPS) is 21.1. The van der Waals surface area contributed by atoms with Crippen molar-refractivity contribution in [3.8, 4) is 0 Å². The predicted octanol–water partition coefficient (Wildman–Crippen LogP) is 1.80. The van der Waals surface area contributed by atoms with E-state index in [0.717, 1.165) is 11.0 Å². The van der Waals surface area contributed by atoms with Gasteiger partial charge in [0.1, 0.15) is 0 Å². The second-order valence-corrected chi connectivity index (χ2v) is 8.10. The van der Waals surface area contributed by atoms with Gasteiger partial charge in [-0.3, -0.25) is 0 Å². The van der Waals surface area contributed by atoms with Gasteiger partial charge >= 0.3 is 7.12 Å². The molecule has 128 valence electrons. The summed E-state index contributed by atoms with van der Waals surface area (Å²) in [5.41, 5.74) is 0.888. The Kier molecular flexibility index (Phi) is 5.26. The lowest BCUT2D eigenvalue weighted by Crippen LogP contribution is -2.41. The van der Waals surface area contributed by atoms with Crippen LogP contribution in [0, 0.1) is 5.92 Å². The molecular weight excluding hydrogens is 313 g/mol. The van der Waals surface area contributed by atoms with Crippen molar-refractivity contribution in [1.82, 2.24) is 4.72 Å². The van der Waals surface area contributed by atoms with E-state index in [4.69, 9.17) is 9.31 Å². The van der Waals surface area contributed by atoms with Crippen molar-refractivity contribution in [3.05, 3.63) is 29.8 Å². The van der Waals surface area contributed by atoms with Crippen LogP contribution in [-0.4, -0.2) is 26.7 Å². The lowest BCUT2D eigenvalue weighted by Gasteiger charge is -2.32. The standard InChI is InChI=1S/C16H26BNO4S/c1-11(2)14(18-23(19)20)12-9-7-8-10-13(12)17-21-15(3,4)16(5,6)22-17/h7-11,14,23H,1-6H3,(H,18,19,20). The van der Waals surface area contributed by atoms with Crippen LogP contribution in [0.15, 0.2) is 24.3 Å². The van der Waals surface area contributed by atoms with Crippen LogP contribution in [0.2, 0.25) is 0 Å². The molecule has 0 aromatic heterocycles. The molecule has 0 saturated carbocycles. The van der Waals surface area contributed by atoms with Crippen molar-refractivity contribution in [2.45, 2.75) is 58.8 Å². The smallest absolute Gasteiger partial charge is 0.399 e. The first-order chi connectivity index (χ1) is 10.5. The fraction of sp³-hybridized carbons (Fsp3) is 0.625. The first-order valence-corrected chi connectivity index (χ1v) is 9.08. The molecule has 2 rings (SSSR count). The molecule has 1 aliphatic heterocycles. The van der Waals surface area contributed by atoms with Crippen LogP contribution in [0.1, 0.15) is 53.1 Å². The molecule has 0 amide bonds. The zero-order valence-corrected chi connectivity index (χ0v) is 15.5. The van der Waals surface area contributed by atoms with Gasteiger partial charge in [0.2, 0.25) is 10.9 Å². The van der Waals surface area contributed by atoms with E-state index in [0.29, 0.717) is 0 Å². The summed E-state index contributed by atoms with van der Waals surface area (Å²) >= 11 is 0. The van der Waals surface area contributed by atoms with E-state index in [9.17, 15) is 8.42 Å². The molecule has 1 aromatic carbocycles. The molecule has 1 unspecified atom stereocenters. The number of hydrogen-bond donors (Lipinski definition) is 2. The molecule has 7 heteroatoms. The molecule has 0 spiro atoms.